The summed E-state index contributed by atoms with van der Waals surface area (Å²) in [6.07, 6.45) is 0.745. The van der Waals surface area contributed by atoms with E-state index < -0.39 is 0 Å². The quantitative estimate of drug-likeness (QED) is 0.873. The summed E-state index contributed by atoms with van der Waals surface area (Å²) in [5, 5.41) is 3.76. The molecule has 26 heavy (non-hydrogen) atoms. The van der Waals surface area contributed by atoms with Crippen molar-refractivity contribution in [1.82, 2.24) is 10.2 Å². The lowest BCUT2D eigenvalue weighted by molar-refractivity contribution is 0.194. The largest absolute Gasteiger partial charge is 0.496 e. The molecule has 1 saturated heterocycles. The summed E-state index contributed by atoms with van der Waals surface area (Å²) in [7, 11) is 1.66. The Kier molecular flexibility index (Phi) is 6.23. The fourth-order valence-electron chi connectivity index (χ4n) is 3.18. The lowest BCUT2D eigenvalue weighted by Gasteiger charge is -2.36. The van der Waals surface area contributed by atoms with Gasteiger partial charge in [-0.05, 0) is 30.2 Å². The third-order valence-corrected chi connectivity index (χ3v) is 4.94. The maximum absolute atomic E-state index is 12.4. The zero-order chi connectivity index (χ0) is 18.4. The van der Waals surface area contributed by atoms with Gasteiger partial charge >= 0.3 is 6.03 Å². The van der Waals surface area contributed by atoms with Gasteiger partial charge in [0.05, 0.1) is 17.8 Å². The number of anilines is 1. The molecule has 0 aliphatic carbocycles. The molecule has 0 spiro atoms. The Morgan fingerprint density at radius 2 is 1.77 bits per heavy atom. The van der Waals surface area contributed by atoms with Crippen LogP contribution in [0.4, 0.5) is 10.5 Å². The first-order valence-corrected chi connectivity index (χ1v) is 9.21. The van der Waals surface area contributed by atoms with Crippen molar-refractivity contribution in [2.75, 3.05) is 44.7 Å². The minimum atomic E-state index is -0.0151. The summed E-state index contributed by atoms with van der Waals surface area (Å²) in [6.45, 7) is 3.52. The summed E-state index contributed by atoms with van der Waals surface area (Å²) >= 11 is 6.26. The zero-order valence-electron chi connectivity index (χ0n) is 15.0. The highest BCUT2D eigenvalue weighted by atomic mass is 35.5. The third-order valence-electron chi connectivity index (χ3n) is 4.62. The highest BCUT2D eigenvalue weighted by Crippen LogP contribution is 2.26. The molecule has 5 nitrogen and oxygen atoms in total. The van der Waals surface area contributed by atoms with E-state index in [2.05, 4.69) is 10.2 Å². The van der Waals surface area contributed by atoms with E-state index in [9.17, 15) is 4.79 Å². The number of rotatable bonds is 5. The predicted octanol–water partition coefficient (Wildman–Crippen LogP) is 3.42. The molecule has 1 aliphatic heterocycles. The highest BCUT2D eigenvalue weighted by molar-refractivity contribution is 6.33. The van der Waals surface area contributed by atoms with E-state index in [1.54, 1.807) is 7.11 Å². The van der Waals surface area contributed by atoms with E-state index in [0.717, 1.165) is 41.5 Å². The maximum atomic E-state index is 12.4. The lowest BCUT2D eigenvalue weighted by Crippen LogP contribution is -2.52. The Morgan fingerprint density at radius 1 is 1.08 bits per heavy atom. The monoisotopic (exact) mass is 373 g/mol. The maximum Gasteiger partial charge on any atom is 0.317 e. The molecular weight excluding hydrogens is 350 g/mol. The number of urea groups is 1. The van der Waals surface area contributed by atoms with Gasteiger partial charge in [-0.1, -0.05) is 41.9 Å². The number of nitrogens with zero attached hydrogens (tertiary/aromatic N) is 2. The summed E-state index contributed by atoms with van der Waals surface area (Å²) in [5.74, 6) is 0.857. The Morgan fingerprint density at radius 3 is 2.50 bits per heavy atom. The van der Waals surface area contributed by atoms with Crippen molar-refractivity contribution in [2.24, 2.45) is 0 Å². The molecular formula is C20H24ClN3O2. The number of hydrogen-bond acceptors (Lipinski definition) is 3. The summed E-state index contributed by atoms with van der Waals surface area (Å²) < 4.78 is 5.34. The smallest absolute Gasteiger partial charge is 0.317 e. The van der Waals surface area contributed by atoms with Gasteiger partial charge in [0.15, 0.2) is 0 Å². The average Bonchev–Trinajstić information content (AvgIpc) is 2.69. The number of carbonyl (C=O) groups excluding carboxylic acids is 1. The van der Waals surface area contributed by atoms with Crippen LogP contribution < -0.4 is 15.0 Å². The number of methoxy groups -OCH3 is 1. The highest BCUT2D eigenvalue weighted by Gasteiger charge is 2.22. The van der Waals surface area contributed by atoms with E-state index >= 15 is 0 Å². The molecule has 0 unspecified atom stereocenters. The van der Waals surface area contributed by atoms with Crippen LogP contribution in [0.1, 0.15) is 5.56 Å². The van der Waals surface area contributed by atoms with Crippen molar-refractivity contribution < 1.29 is 9.53 Å². The number of carbonyl (C=O) groups is 1. The van der Waals surface area contributed by atoms with Crippen molar-refractivity contribution in [3.63, 3.8) is 0 Å². The van der Waals surface area contributed by atoms with Crippen molar-refractivity contribution in [3.05, 3.63) is 59.1 Å². The summed E-state index contributed by atoms with van der Waals surface area (Å²) in [5.41, 5.74) is 2.13. The fraction of sp³-hybridized carbons (Fsp3) is 0.350. The average molecular weight is 374 g/mol. The molecule has 2 amide bonds. The van der Waals surface area contributed by atoms with Gasteiger partial charge in [0.2, 0.25) is 0 Å². The van der Waals surface area contributed by atoms with Crippen LogP contribution >= 0.6 is 11.6 Å². The molecule has 0 bridgehead atoms. The van der Waals surface area contributed by atoms with Gasteiger partial charge < -0.3 is 19.9 Å². The fourth-order valence-corrected chi connectivity index (χ4v) is 3.44. The Labute approximate surface area is 159 Å². The van der Waals surface area contributed by atoms with E-state index in [4.69, 9.17) is 16.3 Å². The minimum absolute atomic E-state index is 0.0151. The molecule has 3 rings (SSSR count). The second kappa shape index (κ2) is 8.81. The van der Waals surface area contributed by atoms with E-state index in [0.29, 0.717) is 19.6 Å². The van der Waals surface area contributed by atoms with Gasteiger partial charge in [0, 0.05) is 32.7 Å². The number of nitrogens with one attached hydrogen (secondary N) is 1. The normalized spacial score (nSPS) is 14.2. The molecule has 0 atom stereocenters. The van der Waals surface area contributed by atoms with Gasteiger partial charge in [0.1, 0.15) is 5.75 Å². The van der Waals surface area contributed by atoms with Crippen LogP contribution in [0.25, 0.3) is 0 Å². The van der Waals surface area contributed by atoms with Crippen LogP contribution in [-0.4, -0.2) is 50.8 Å². The molecule has 1 fully saturated rings. The van der Waals surface area contributed by atoms with Gasteiger partial charge in [-0.15, -0.1) is 0 Å². The number of piperazine rings is 1. The standard InChI is InChI=1S/C20H24ClN3O2/c1-26-19-9-5-2-6-16(19)10-11-22-20(25)24-14-12-23(13-15-24)18-8-4-3-7-17(18)21/h2-9H,10-15H2,1H3,(H,22,25). The van der Waals surface area contributed by atoms with Crippen molar-refractivity contribution in [2.45, 2.75) is 6.42 Å². The Bertz CT molecular complexity index is 745. The predicted molar refractivity (Wildman–Crippen MR) is 105 cm³/mol. The molecule has 1 aliphatic rings. The van der Waals surface area contributed by atoms with Gasteiger partial charge in [-0.3, -0.25) is 0 Å². The molecule has 6 heteroatoms. The van der Waals surface area contributed by atoms with Crippen LogP contribution in [0.5, 0.6) is 5.75 Å². The Balaban J connectivity index is 1.46. The molecule has 0 radical (unpaired) electrons. The van der Waals surface area contributed by atoms with Gasteiger partial charge in [-0.25, -0.2) is 4.79 Å². The minimum Gasteiger partial charge on any atom is -0.496 e. The number of halogens is 1. The van der Waals surface area contributed by atoms with E-state index in [1.807, 2.05) is 53.4 Å². The second-order valence-electron chi connectivity index (χ2n) is 6.22. The van der Waals surface area contributed by atoms with Crippen LogP contribution in [0.2, 0.25) is 5.02 Å². The molecule has 0 aromatic heterocycles. The summed E-state index contributed by atoms with van der Waals surface area (Å²) in [6, 6.07) is 15.7. The van der Waals surface area contributed by atoms with Crippen LogP contribution in [0.3, 0.4) is 0 Å². The van der Waals surface area contributed by atoms with Gasteiger partial charge in [-0.2, -0.15) is 0 Å². The number of benzene rings is 2. The molecule has 0 saturated carbocycles. The van der Waals surface area contributed by atoms with Crippen LogP contribution in [0, 0.1) is 0 Å². The third kappa shape index (κ3) is 4.41. The first kappa shape index (κ1) is 18.4. The SMILES string of the molecule is COc1ccccc1CCNC(=O)N1CCN(c2ccccc2Cl)CC1. The molecule has 2 aromatic carbocycles. The number of hydrogen-bond donors (Lipinski definition) is 1. The first-order valence-electron chi connectivity index (χ1n) is 8.83. The molecule has 2 aromatic rings. The molecule has 1 N–H and O–H groups in total. The lowest BCUT2D eigenvalue weighted by atomic mass is 10.1. The van der Waals surface area contributed by atoms with Crippen molar-refractivity contribution in [3.8, 4) is 5.75 Å². The van der Waals surface area contributed by atoms with E-state index in [1.165, 1.54) is 0 Å². The Hall–Kier alpha value is -2.40. The van der Waals surface area contributed by atoms with Crippen LogP contribution in [-0.2, 0) is 6.42 Å². The first-order chi connectivity index (χ1) is 12.7. The van der Waals surface area contributed by atoms with Crippen LogP contribution in [0.15, 0.2) is 48.5 Å². The number of ether oxygens (including phenoxy) is 1. The van der Waals surface area contributed by atoms with Crippen molar-refractivity contribution in [1.29, 1.82) is 0 Å². The topological polar surface area (TPSA) is 44.8 Å². The molecule has 1 heterocycles. The van der Waals surface area contributed by atoms with Gasteiger partial charge in [0.25, 0.3) is 0 Å². The zero-order valence-corrected chi connectivity index (χ0v) is 15.7. The molecule has 138 valence electrons. The van der Waals surface area contributed by atoms with Crippen molar-refractivity contribution >= 4 is 23.3 Å². The van der Waals surface area contributed by atoms with E-state index in [-0.39, 0.29) is 6.03 Å². The second-order valence-corrected chi connectivity index (χ2v) is 6.63. The summed E-state index contributed by atoms with van der Waals surface area (Å²) in [4.78, 5) is 16.5. The number of amides is 2. The number of para-hydroxylation sites is 2.